The summed E-state index contributed by atoms with van der Waals surface area (Å²) in [7, 11) is 3.37. The first-order valence-electron chi connectivity index (χ1n) is 8.69. The van der Waals surface area contributed by atoms with Gasteiger partial charge >= 0.3 is 0 Å². The lowest BCUT2D eigenvalue weighted by Crippen LogP contribution is -2.27. The van der Waals surface area contributed by atoms with Gasteiger partial charge in [-0.05, 0) is 23.3 Å². The highest BCUT2D eigenvalue weighted by Crippen LogP contribution is 2.42. The average molecular weight is 355 g/mol. The van der Waals surface area contributed by atoms with E-state index in [1.54, 1.807) is 14.2 Å². The first-order valence-corrected chi connectivity index (χ1v) is 8.69. The van der Waals surface area contributed by atoms with Crippen molar-refractivity contribution in [2.45, 2.75) is 6.54 Å². The van der Waals surface area contributed by atoms with Crippen molar-refractivity contribution in [1.82, 2.24) is 4.90 Å². The van der Waals surface area contributed by atoms with E-state index in [9.17, 15) is 0 Å². The second kappa shape index (κ2) is 9.27. The molecule has 0 aliphatic carbocycles. The van der Waals surface area contributed by atoms with Crippen LogP contribution in [0.1, 0.15) is 11.1 Å². The van der Waals surface area contributed by atoms with Gasteiger partial charge < -0.3 is 18.9 Å². The topological polar surface area (TPSA) is 40.2 Å². The molecule has 0 radical (unpaired) electrons. The highest BCUT2D eigenvalue weighted by atomic mass is 16.7. The van der Waals surface area contributed by atoms with E-state index in [-0.39, 0.29) is 6.79 Å². The van der Waals surface area contributed by atoms with Crippen molar-refractivity contribution in [2.24, 2.45) is 0 Å². The molecule has 0 spiro atoms. The van der Waals surface area contributed by atoms with Gasteiger partial charge in [-0.2, -0.15) is 0 Å². The molecular weight excluding hydrogens is 330 g/mol. The van der Waals surface area contributed by atoms with E-state index >= 15 is 0 Å². The Kier molecular flexibility index (Phi) is 6.52. The van der Waals surface area contributed by atoms with Crippen LogP contribution in [-0.4, -0.2) is 45.6 Å². The molecule has 0 saturated heterocycles. The van der Waals surface area contributed by atoms with Crippen molar-refractivity contribution in [3.8, 4) is 17.2 Å². The van der Waals surface area contributed by atoms with Gasteiger partial charge in [0.15, 0.2) is 11.5 Å². The summed E-state index contributed by atoms with van der Waals surface area (Å²) in [5.74, 6) is 2.14. The third kappa shape index (κ3) is 4.77. The van der Waals surface area contributed by atoms with Crippen LogP contribution in [0.5, 0.6) is 17.2 Å². The monoisotopic (exact) mass is 355 g/mol. The molecule has 0 aromatic heterocycles. The first kappa shape index (κ1) is 18.3. The summed E-state index contributed by atoms with van der Waals surface area (Å²) < 4.78 is 21.7. The van der Waals surface area contributed by atoms with Crippen molar-refractivity contribution in [3.63, 3.8) is 0 Å². The summed E-state index contributed by atoms with van der Waals surface area (Å²) >= 11 is 0. The second-order valence-corrected chi connectivity index (χ2v) is 6.07. The zero-order valence-corrected chi connectivity index (χ0v) is 15.3. The molecule has 5 heteroatoms. The van der Waals surface area contributed by atoms with Gasteiger partial charge in [0, 0.05) is 26.7 Å². The lowest BCUT2D eigenvalue weighted by atomic mass is 10.1. The van der Waals surface area contributed by atoms with Crippen LogP contribution < -0.4 is 14.2 Å². The lowest BCUT2D eigenvalue weighted by Gasteiger charge is -2.21. The lowest BCUT2D eigenvalue weighted by molar-refractivity contribution is 0.151. The number of benzene rings is 2. The number of methoxy groups -OCH3 is 2. The summed E-state index contributed by atoms with van der Waals surface area (Å²) in [6.45, 7) is 3.36. The van der Waals surface area contributed by atoms with E-state index in [0.717, 1.165) is 30.9 Å². The van der Waals surface area contributed by atoms with Crippen molar-refractivity contribution in [2.75, 3.05) is 40.7 Å². The Hall–Kier alpha value is -2.50. The minimum Gasteiger partial charge on any atom is -0.493 e. The van der Waals surface area contributed by atoms with E-state index in [2.05, 4.69) is 29.2 Å². The number of nitrogens with zero attached hydrogens (tertiary/aromatic N) is 1. The van der Waals surface area contributed by atoms with Gasteiger partial charge in [0.2, 0.25) is 12.5 Å². The van der Waals surface area contributed by atoms with Crippen LogP contribution in [0.2, 0.25) is 0 Å². The molecule has 0 bridgehead atoms. The minimum atomic E-state index is 0.238. The molecule has 0 unspecified atom stereocenters. The minimum absolute atomic E-state index is 0.238. The fourth-order valence-corrected chi connectivity index (χ4v) is 2.89. The summed E-state index contributed by atoms with van der Waals surface area (Å²) in [5.41, 5.74) is 2.32. The standard InChI is InChI=1S/C21H25NO4/c1-23-12-11-22(10-6-9-17-7-4-3-5-8-17)15-18-13-19(24-2)21-20(14-18)25-16-26-21/h3-9,13-14H,10-12,15-16H2,1-2H3. The van der Waals surface area contributed by atoms with Gasteiger partial charge in [-0.15, -0.1) is 0 Å². The van der Waals surface area contributed by atoms with Gasteiger partial charge in [0.25, 0.3) is 0 Å². The number of fused-ring (bicyclic) bond motifs is 1. The van der Waals surface area contributed by atoms with Gasteiger partial charge in [-0.3, -0.25) is 4.90 Å². The van der Waals surface area contributed by atoms with Crippen molar-refractivity contribution < 1.29 is 18.9 Å². The normalized spacial score (nSPS) is 12.9. The van der Waals surface area contributed by atoms with Crippen molar-refractivity contribution in [3.05, 3.63) is 59.7 Å². The summed E-state index contributed by atoms with van der Waals surface area (Å²) in [4.78, 5) is 2.32. The number of hydrogen-bond acceptors (Lipinski definition) is 5. The SMILES string of the molecule is COCCN(CC=Cc1ccccc1)Cc1cc(OC)c2c(c1)OCO2. The molecular formula is C21H25NO4. The molecule has 1 heterocycles. The largest absolute Gasteiger partial charge is 0.493 e. The molecule has 26 heavy (non-hydrogen) atoms. The quantitative estimate of drug-likeness (QED) is 0.687. The maximum absolute atomic E-state index is 5.52. The summed E-state index contributed by atoms with van der Waals surface area (Å²) in [6, 6.07) is 14.3. The molecule has 0 amide bonds. The van der Waals surface area contributed by atoms with Crippen LogP contribution in [0, 0.1) is 0 Å². The molecule has 138 valence electrons. The Bertz CT molecular complexity index is 730. The number of rotatable bonds is 9. The van der Waals surface area contributed by atoms with Crippen LogP contribution in [-0.2, 0) is 11.3 Å². The Morgan fingerprint density at radius 3 is 2.73 bits per heavy atom. The van der Waals surface area contributed by atoms with Gasteiger partial charge in [-0.1, -0.05) is 42.5 Å². The maximum atomic E-state index is 5.52. The van der Waals surface area contributed by atoms with Crippen LogP contribution >= 0.6 is 0 Å². The first-order chi connectivity index (χ1) is 12.8. The Morgan fingerprint density at radius 1 is 1.12 bits per heavy atom. The maximum Gasteiger partial charge on any atom is 0.231 e. The van der Waals surface area contributed by atoms with Crippen molar-refractivity contribution in [1.29, 1.82) is 0 Å². The highest BCUT2D eigenvalue weighted by molar-refractivity contribution is 5.55. The number of ether oxygens (including phenoxy) is 4. The fourth-order valence-electron chi connectivity index (χ4n) is 2.89. The Morgan fingerprint density at radius 2 is 1.96 bits per heavy atom. The highest BCUT2D eigenvalue weighted by Gasteiger charge is 2.20. The predicted molar refractivity (Wildman–Crippen MR) is 102 cm³/mol. The van der Waals surface area contributed by atoms with Gasteiger partial charge in [-0.25, -0.2) is 0 Å². The Balaban J connectivity index is 1.69. The van der Waals surface area contributed by atoms with Crippen LogP contribution in [0.15, 0.2) is 48.5 Å². The van der Waals surface area contributed by atoms with E-state index in [1.165, 1.54) is 5.56 Å². The van der Waals surface area contributed by atoms with Crippen LogP contribution in [0.3, 0.4) is 0 Å². The molecule has 0 fully saturated rings. The molecule has 1 aliphatic heterocycles. The molecule has 3 rings (SSSR count). The van der Waals surface area contributed by atoms with Crippen LogP contribution in [0.4, 0.5) is 0 Å². The van der Waals surface area contributed by atoms with E-state index in [1.807, 2.05) is 30.3 Å². The van der Waals surface area contributed by atoms with Gasteiger partial charge in [0.05, 0.1) is 13.7 Å². The second-order valence-electron chi connectivity index (χ2n) is 6.07. The van der Waals surface area contributed by atoms with Crippen molar-refractivity contribution >= 4 is 6.08 Å². The molecule has 0 atom stereocenters. The molecule has 0 saturated carbocycles. The third-order valence-electron chi connectivity index (χ3n) is 4.21. The van der Waals surface area contributed by atoms with E-state index < -0.39 is 0 Å². The molecule has 5 nitrogen and oxygen atoms in total. The Labute approximate surface area is 154 Å². The summed E-state index contributed by atoms with van der Waals surface area (Å²) in [6.07, 6.45) is 4.31. The van der Waals surface area contributed by atoms with Crippen LogP contribution in [0.25, 0.3) is 6.08 Å². The van der Waals surface area contributed by atoms with Gasteiger partial charge in [0.1, 0.15) is 0 Å². The average Bonchev–Trinajstić information content (AvgIpc) is 3.14. The molecule has 2 aromatic carbocycles. The van der Waals surface area contributed by atoms with E-state index in [4.69, 9.17) is 18.9 Å². The van der Waals surface area contributed by atoms with E-state index in [0.29, 0.717) is 18.1 Å². The molecule has 2 aromatic rings. The fraction of sp³-hybridized carbons (Fsp3) is 0.333. The predicted octanol–water partition coefficient (Wildman–Crippen LogP) is 3.59. The zero-order valence-electron chi connectivity index (χ0n) is 15.3. The molecule has 0 N–H and O–H groups in total. The third-order valence-corrected chi connectivity index (χ3v) is 4.21. The number of hydrogen-bond donors (Lipinski definition) is 0. The molecule has 1 aliphatic rings. The zero-order chi connectivity index (χ0) is 18.2. The summed E-state index contributed by atoms with van der Waals surface area (Å²) in [5, 5.41) is 0. The smallest absolute Gasteiger partial charge is 0.231 e.